The second-order valence-electron chi connectivity index (χ2n) is 4.70. The second-order valence-corrected chi connectivity index (χ2v) is 5.50. The molecule has 0 spiro atoms. The highest BCUT2D eigenvalue weighted by atomic mass is 79.9. The molecule has 3 rings (SSSR count). The number of fused-ring (bicyclic) bond motifs is 1. The molecular weight excluding hydrogens is 306 g/mol. The highest BCUT2D eigenvalue weighted by Gasteiger charge is 2.23. The molecule has 0 aliphatic carbocycles. The summed E-state index contributed by atoms with van der Waals surface area (Å²) >= 11 is 3.72. The number of nitrogens with one attached hydrogen (secondary N) is 3. The third kappa shape index (κ3) is 2.36. The van der Waals surface area contributed by atoms with Crippen LogP contribution in [0.1, 0.15) is 13.3 Å². The van der Waals surface area contributed by atoms with E-state index in [1.165, 1.54) is 11.4 Å². The number of benzene rings is 1. The van der Waals surface area contributed by atoms with Crippen LogP contribution in [-0.2, 0) is 0 Å². The Morgan fingerprint density at radius 2 is 2.32 bits per heavy atom. The minimum absolute atomic E-state index is 0.842. The van der Waals surface area contributed by atoms with Gasteiger partial charge in [-0.2, -0.15) is 0 Å². The molecule has 0 saturated heterocycles. The Morgan fingerprint density at radius 1 is 1.42 bits per heavy atom. The monoisotopic (exact) mass is 323 g/mol. The van der Waals surface area contributed by atoms with Crippen LogP contribution in [0.4, 0.5) is 17.1 Å². The van der Waals surface area contributed by atoms with Gasteiger partial charge in [-0.1, -0.05) is 6.92 Å². The smallest absolute Gasteiger partial charge is 0.195 e. The van der Waals surface area contributed by atoms with Gasteiger partial charge in [-0.05, 0) is 34.5 Å². The lowest BCUT2D eigenvalue weighted by Gasteiger charge is -2.20. The Morgan fingerprint density at radius 3 is 3.05 bits per heavy atom. The summed E-state index contributed by atoms with van der Waals surface area (Å²) in [5, 5.41) is 9.98. The molecule has 2 heterocycles. The molecule has 3 N–H and O–H groups in total. The molecular formula is C13H18BrN5. The van der Waals surface area contributed by atoms with Crippen LogP contribution in [0.25, 0.3) is 0 Å². The van der Waals surface area contributed by atoms with E-state index in [-0.39, 0.29) is 0 Å². The van der Waals surface area contributed by atoms with Crippen molar-refractivity contribution in [1.29, 1.82) is 0 Å². The molecule has 2 aliphatic rings. The Labute approximate surface area is 121 Å². The van der Waals surface area contributed by atoms with Crippen molar-refractivity contribution in [3.05, 3.63) is 16.6 Å². The highest BCUT2D eigenvalue weighted by Crippen LogP contribution is 2.42. The van der Waals surface area contributed by atoms with Gasteiger partial charge in [0.2, 0.25) is 0 Å². The molecule has 0 unspecified atom stereocenters. The highest BCUT2D eigenvalue weighted by molar-refractivity contribution is 9.10. The first-order chi connectivity index (χ1) is 9.29. The summed E-state index contributed by atoms with van der Waals surface area (Å²) < 4.78 is 1.10. The summed E-state index contributed by atoms with van der Waals surface area (Å²) in [4.78, 5) is 6.72. The molecule has 0 radical (unpaired) electrons. The van der Waals surface area contributed by atoms with Crippen LogP contribution < -0.4 is 20.9 Å². The molecule has 0 saturated carbocycles. The van der Waals surface area contributed by atoms with Crippen LogP contribution in [0.3, 0.4) is 0 Å². The summed E-state index contributed by atoms with van der Waals surface area (Å²) in [6.07, 6.45) is 1.14. The molecule has 1 aromatic rings. The topological polar surface area (TPSA) is 51.7 Å². The van der Waals surface area contributed by atoms with E-state index in [0.717, 1.165) is 48.8 Å². The van der Waals surface area contributed by atoms with Crippen LogP contribution in [0, 0.1) is 0 Å². The number of hydrogen-bond acceptors (Lipinski definition) is 5. The average Bonchev–Trinajstić information content (AvgIpc) is 3.03. The van der Waals surface area contributed by atoms with E-state index in [4.69, 9.17) is 0 Å². The van der Waals surface area contributed by atoms with E-state index in [1.54, 1.807) is 0 Å². The van der Waals surface area contributed by atoms with Gasteiger partial charge in [0.05, 0.1) is 34.7 Å². The van der Waals surface area contributed by atoms with Gasteiger partial charge in [0.25, 0.3) is 0 Å². The summed E-state index contributed by atoms with van der Waals surface area (Å²) in [7, 11) is 0. The second kappa shape index (κ2) is 5.28. The van der Waals surface area contributed by atoms with E-state index in [9.17, 15) is 0 Å². The standard InChI is InChI=1S/C13H18BrN5/c1-2-7-19-8-17-10-4-3-9(11(14)12(10)19)18-13-15-5-6-16-13/h3-4,17H,2,5-8H2,1H3,(H2,15,16,18). The summed E-state index contributed by atoms with van der Waals surface area (Å²) in [5.41, 5.74) is 3.48. The van der Waals surface area contributed by atoms with E-state index in [1.807, 2.05) is 0 Å². The van der Waals surface area contributed by atoms with Gasteiger partial charge in [-0.3, -0.25) is 4.99 Å². The van der Waals surface area contributed by atoms with Gasteiger partial charge in [0, 0.05) is 13.1 Å². The molecule has 1 aromatic carbocycles. The molecule has 6 heteroatoms. The third-order valence-electron chi connectivity index (χ3n) is 3.31. The van der Waals surface area contributed by atoms with Crippen molar-refractivity contribution >= 4 is 39.0 Å². The predicted octanol–water partition coefficient (Wildman–Crippen LogP) is 2.42. The van der Waals surface area contributed by atoms with Gasteiger partial charge < -0.3 is 20.9 Å². The number of nitrogens with zero attached hydrogens (tertiary/aromatic N) is 2. The molecule has 2 aliphatic heterocycles. The van der Waals surface area contributed by atoms with E-state index >= 15 is 0 Å². The van der Waals surface area contributed by atoms with Gasteiger partial charge >= 0.3 is 0 Å². The first-order valence-corrected chi connectivity index (χ1v) is 7.45. The maximum atomic E-state index is 4.37. The van der Waals surface area contributed by atoms with Crippen LogP contribution in [-0.4, -0.2) is 32.3 Å². The Bertz CT molecular complexity index is 512. The van der Waals surface area contributed by atoms with E-state index in [0.29, 0.717) is 0 Å². The lowest BCUT2D eigenvalue weighted by atomic mass is 10.2. The average molecular weight is 324 g/mol. The fraction of sp³-hybridized carbons (Fsp3) is 0.462. The Hall–Kier alpha value is -1.43. The van der Waals surface area contributed by atoms with Crippen molar-refractivity contribution < 1.29 is 0 Å². The van der Waals surface area contributed by atoms with Crippen molar-refractivity contribution in [1.82, 2.24) is 5.32 Å². The summed E-state index contributed by atoms with van der Waals surface area (Å²) in [5.74, 6) is 0.855. The number of anilines is 3. The summed E-state index contributed by atoms with van der Waals surface area (Å²) in [6, 6.07) is 4.20. The molecule has 5 nitrogen and oxygen atoms in total. The molecule has 19 heavy (non-hydrogen) atoms. The fourth-order valence-electron chi connectivity index (χ4n) is 2.44. The number of halogens is 1. The van der Waals surface area contributed by atoms with Crippen LogP contribution in [0.2, 0.25) is 0 Å². The van der Waals surface area contributed by atoms with Crippen LogP contribution in [0.5, 0.6) is 0 Å². The predicted molar refractivity (Wildman–Crippen MR) is 84.2 cm³/mol. The van der Waals surface area contributed by atoms with E-state index in [2.05, 4.69) is 60.8 Å². The maximum Gasteiger partial charge on any atom is 0.195 e. The maximum absolute atomic E-state index is 4.37. The Kier molecular flexibility index (Phi) is 3.50. The number of rotatable bonds is 3. The molecule has 0 atom stereocenters. The van der Waals surface area contributed by atoms with Crippen molar-refractivity contribution in [3.63, 3.8) is 0 Å². The third-order valence-corrected chi connectivity index (χ3v) is 4.12. The lowest BCUT2D eigenvalue weighted by molar-refractivity contribution is 0.818. The summed E-state index contributed by atoms with van der Waals surface area (Å²) in [6.45, 7) is 5.89. The van der Waals surface area contributed by atoms with Crippen LogP contribution >= 0.6 is 15.9 Å². The first-order valence-electron chi connectivity index (χ1n) is 6.66. The number of guanidine groups is 1. The largest absolute Gasteiger partial charge is 0.366 e. The zero-order chi connectivity index (χ0) is 13.2. The molecule has 0 bridgehead atoms. The van der Waals surface area contributed by atoms with Gasteiger partial charge in [0.15, 0.2) is 5.96 Å². The normalized spacial score (nSPS) is 16.7. The fourth-order valence-corrected chi connectivity index (χ4v) is 3.14. The molecule has 0 fully saturated rings. The first kappa shape index (κ1) is 12.6. The zero-order valence-corrected chi connectivity index (χ0v) is 12.5. The number of aliphatic imine (C=N–C) groups is 1. The van der Waals surface area contributed by atoms with Gasteiger partial charge in [0.1, 0.15) is 0 Å². The SMILES string of the molecule is CCCN1CNc2ccc(NC3=NCCN3)c(Br)c21. The van der Waals surface area contributed by atoms with Gasteiger partial charge in [-0.25, -0.2) is 0 Å². The molecule has 102 valence electrons. The quantitative estimate of drug-likeness (QED) is 0.799. The van der Waals surface area contributed by atoms with Crippen molar-refractivity contribution in [2.24, 2.45) is 4.99 Å². The molecule has 0 amide bonds. The van der Waals surface area contributed by atoms with Crippen LogP contribution in [0.15, 0.2) is 21.6 Å². The zero-order valence-electron chi connectivity index (χ0n) is 11.0. The van der Waals surface area contributed by atoms with Crippen molar-refractivity contribution in [2.75, 3.05) is 41.8 Å². The Balaban J connectivity index is 1.89. The van der Waals surface area contributed by atoms with Crippen molar-refractivity contribution in [2.45, 2.75) is 13.3 Å². The van der Waals surface area contributed by atoms with Gasteiger partial charge in [-0.15, -0.1) is 0 Å². The lowest BCUT2D eigenvalue weighted by Crippen LogP contribution is -2.27. The van der Waals surface area contributed by atoms with Crippen molar-refractivity contribution in [3.8, 4) is 0 Å². The minimum atomic E-state index is 0.842. The van der Waals surface area contributed by atoms with E-state index < -0.39 is 0 Å². The molecule has 0 aromatic heterocycles. The number of hydrogen-bond donors (Lipinski definition) is 3. The minimum Gasteiger partial charge on any atom is -0.366 e.